The van der Waals surface area contributed by atoms with Gasteiger partial charge < -0.3 is 25.8 Å². The third kappa shape index (κ3) is 3.14. The molecule has 1 aliphatic heterocycles. The van der Waals surface area contributed by atoms with E-state index in [4.69, 9.17) is 38.4 Å². The molecule has 132 valence electrons. The molecule has 2 heterocycles. The molecule has 0 aliphatic carbocycles. The molecule has 0 amide bonds. The average molecular weight is 390 g/mol. The summed E-state index contributed by atoms with van der Waals surface area (Å²) in [4.78, 5) is 8.36. The van der Waals surface area contributed by atoms with Crippen LogP contribution in [0, 0.1) is 0 Å². The number of aromatic nitrogens is 2. The van der Waals surface area contributed by atoms with Crippen LogP contribution >= 0.6 is 23.2 Å². The number of benzene rings is 2. The minimum absolute atomic E-state index is 0.211. The van der Waals surface area contributed by atoms with E-state index < -0.39 is 0 Å². The predicted octanol–water partition coefficient (Wildman–Crippen LogP) is 4.58. The van der Waals surface area contributed by atoms with Crippen molar-refractivity contribution >= 4 is 51.9 Å². The van der Waals surface area contributed by atoms with Gasteiger partial charge in [0.2, 0.25) is 6.79 Å². The third-order valence-corrected chi connectivity index (χ3v) is 4.54. The molecule has 2 aromatic carbocycles. The normalized spacial score (nSPS) is 12.1. The second-order valence-corrected chi connectivity index (χ2v) is 6.19. The molecule has 26 heavy (non-hydrogen) atoms. The molecule has 9 heteroatoms. The number of halogens is 2. The molecule has 4 rings (SSSR count). The van der Waals surface area contributed by atoms with Crippen LogP contribution in [0.3, 0.4) is 0 Å². The molecule has 0 fully saturated rings. The zero-order chi connectivity index (χ0) is 18.1. The van der Waals surface area contributed by atoms with Crippen LogP contribution in [-0.2, 0) is 0 Å². The standard InChI is InChI=1S/C17H13Cl2N5O2/c18-10-2-1-3-11(14(10)19)24-17-15(20)16(21-7-22-17)23-9-4-5-12-13(6-9)26-8-25-12/h1-7H,8,20H2,(H2,21,22,23,24). The van der Waals surface area contributed by atoms with E-state index in [-0.39, 0.29) is 6.79 Å². The molecule has 0 saturated carbocycles. The number of fused-ring (bicyclic) bond motifs is 1. The van der Waals surface area contributed by atoms with Crippen LogP contribution in [0.5, 0.6) is 11.5 Å². The molecule has 0 spiro atoms. The van der Waals surface area contributed by atoms with E-state index in [2.05, 4.69) is 20.6 Å². The predicted molar refractivity (Wildman–Crippen MR) is 102 cm³/mol. The van der Waals surface area contributed by atoms with E-state index in [0.29, 0.717) is 44.6 Å². The summed E-state index contributed by atoms with van der Waals surface area (Å²) in [5, 5.41) is 7.04. The summed E-state index contributed by atoms with van der Waals surface area (Å²) in [5.41, 5.74) is 7.88. The summed E-state index contributed by atoms with van der Waals surface area (Å²) in [6.07, 6.45) is 1.40. The first-order chi connectivity index (χ1) is 12.6. The minimum Gasteiger partial charge on any atom is -0.454 e. The second kappa shape index (κ2) is 6.78. The van der Waals surface area contributed by atoms with E-state index in [1.807, 2.05) is 18.2 Å². The van der Waals surface area contributed by atoms with Crippen LogP contribution in [-0.4, -0.2) is 16.8 Å². The van der Waals surface area contributed by atoms with E-state index in [1.54, 1.807) is 18.2 Å². The average Bonchev–Trinajstić information content (AvgIpc) is 3.10. The van der Waals surface area contributed by atoms with Crippen molar-refractivity contribution in [1.82, 2.24) is 9.97 Å². The first-order valence-electron chi connectivity index (χ1n) is 7.60. The lowest BCUT2D eigenvalue weighted by molar-refractivity contribution is 0.174. The third-order valence-electron chi connectivity index (χ3n) is 3.72. The number of nitrogens with one attached hydrogen (secondary N) is 2. The number of ether oxygens (including phenoxy) is 2. The van der Waals surface area contributed by atoms with Gasteiger partial charge >= 0.3 is 0 Å². The number of nitrogen functional groups attached to an aromatic ring is 1. The molecule has 4 N–H and O–H groups in total. The van der Waals surface area contributed by atoms with Gasteiger partial charge in [-0.05, 0) is 24.3 Å². The summed E-state index contributed by atoms with van der Waals surface area (Å²) in [6, 6.07) is 10.7. The van der Waals surface area contributed by atoms with Crippen LogP contribution in [0.4, 0.5) is 28.7 Å². The van der Waals surface area contributed by atoms with Gasteiger partial charge in [-0.1, -0.05) is 29.3 Å². The zero-order valence-corrected chi connectivity index (χ0v) is 14.8. The Morgan fingerprint density at radius 2 is 1.73 bits per heavy atom. The molecular weight excluding hydrogens is 377 g/mol. The Balaban J connectivity index is 1.60. The highest BCUT2D eigenvalue weighted by Gasteiger charge is 2.15. The smallest absolute Gasteiger partial charge is 0.231 e. The van der Waals surface area contributed by atoms with Crippen molar-refractivity contribution in [2.45, 2.75) is 0 Å². The molecule has 0 bridgehead atoms. The lowest BCUT2D eigenvalue weighted by Gasteiger charge is -2.14. The monoisotopic (exact) mass is 389 g/mol. The van der Waals surface area contributed by atoms with Crippen LogP contribution in [0.15, 0.2) is 42.7 Å². The molecule has 1 aromatic heterocycles. The molecule has 0 unspecified atom stereocenters. The summed E-state index contributed by atoms with van der Waals surface area (Å²) in [6.45, 7) is 0.211. The summed E-state index contributed by atoms with van der Waals surface area (Å²) in [5.74, 6) is 2.21. The maximum absolute atomic E-state index is 6.20. The molecule has 0 saturated heterocycles. The van der Waals surface area contributed by atoms with Crippen LogP contribution in [0.1, 0.15) is 0 Å². The van der Waals surface area contributed by atoms with Gasteiger partial charge in [-0.15, -0.1) is 0 Å². The lowest BCUT2D eigenvalue weighted by atomic mass is 10.2. The van der Waals surface area contributed by atoms with Gasteiger partial charge in [0.25, 0.3) is 0 Å². The molecule has 0 atom stereocenters. The summed E-state index contributed by atoms with van der Waals surface area (Å²) < 4.78 is 10.7. The maximum Gasteiger partial charge on any atom is 0.231 e. The summed E-state index contributed by atoms with van der Waals surface area (Å²) >= 11 is 12.2. The Morgan fingerprint density at radius 1 is 0.962 bits per heavy atom. The van der Waals surface area contributed by atoms with Crippen molar-refractivity contribution in [3.8, 4) is 11.5 Å². The summed E-state index contributed by atoms with van der Waals surface area (Å²) in [7, 11) is 0. The van der Waals surface area contributed by atoms with Crippen molar-refractivity contribution in [2.75, 3.05) is 23.2 Å². The van der Waals surface area contributed by atoms with E-state index in [9.17, 15) is 0 Å². The van der Waals surface area contributed by atoms with E-state index >= 15 is 0 Å². The highest BCUT2D eigenvalue weighted by molar-refractivity contribution is 6.43. The van der Waals surface area contributed by atoms with Crippen molar-refractivity contribution in [3.63, 3.8) is 0 Å². The lowest BCUT2D eigenvalue weighted by Crippen LogP contribution is -2.05. The fourth-order valence-electron chi connectivity index (χ4n) is 2.43. The van der Waals surface area contributed by atoms with Gasteiger partial charge in [0.15, 0.2) is 23.1 Å². The van der Waals surface area contributed by atoms with Gasteiger partial charge in [-0.3, -0.25) is 0 Å². The molecule has 1 aliphatic rings. The molecule has 0 radical (unpaired) electrons. The Labute approximate surface area is 159 Å². The number of hydrogen-bond acceptors (Lipinski definition) is 7. The van der Waals surface area contributed by atoms with Crippen LogP contribution in [0.25, 0.3) is 0 Å². The maximum atomic E-state index is 6.20. The van der Waals surface area contributed by atoms with Crippen molar-refractivity contribution in [1.29, 1.82) is 0 Å². The fourth-order valence-corrected chi connectivity index (χ4v) is 2.78. The second-order valence-electron chi connectivity index (χ2n) is 5.40. The fraction of sp³-hybridized carbons (Fsp3) is 0.0588. The van der Waals surface area contributed by atoms with Crippen molar-refractivity contribution in [3.05, 3.63) is 52.8 Å². The number of anilines is 5. The largest absolute Gasteiger partial charge is 0.454 e. The van der Waals surface area contributed by atoms with Gasteiger partial charge in [0, 0.05) is 11.8 Å². The molecule has 3 aromatic rings. The van der Waals surface area contributed by atoms with E-state index in [1.165, 1.54) is 6.33 Å². The highest BCUT2D eigenvalue weighted by Crippen LogP contribution is 2.37. The Morgan fingerprint density at radius 3 is 2.58 bits per heavy atom. The van der Waals surface area contributed by atoms with Gasteiger partial charge in [0.05, 0.1) is 15.7 Å². The number of nitrogens with zero attached hydrogens (tertiary/aromatic N) is 2. The Bertz CT molecular complexity index is 983. The first-order valence-corrected chi connectivity index (χ1v) is 8.35. The topological polar surface area (TPSA) is 94.3 Å². The van der Waals surface area contributed by atoms with Crippen molar-refractivity contribution < 1.29 is 9.47 Å². The highest BCUT2D eigenvalue weighted by atomic mass is 35.5. The van der Waals surface area contributed by atoms with E-state index in [0.717, 1.165) is 5.69 Å². The van der Waals surface area contributed by atoms with Crippen molar-refractivity contribution in [2.24, 2.45) is 0 Å². The number of nitrogens with two attached hydrogens (primary N) is 1. The van der Waals surface area contributed by atoms with Gasteiger partial charge in [-0.25, -0.2) is 9.97 Å². The first kappa shape index (κ1) is 16.6. The number of hydrogen-bond donors (Lipinski definition) is 3. The van der Waals surface area contributed by atoms with Crippen LogP contribution < -0.4 is 25.8 Å². The van der Waals surface area contributed by atoms with Gasteiger partial charge in [0.1, 0.15) is 12.0 Å². The Kier molecular flexibility index (Phi) is 4.32. The zero-order valence-electron chi connectivity index (χ0n) is 13.3. The Hall–Kier alpha value is -2.90. The molecular formula is C17H13Cl2N5O2. The SMILES string of the molecule is Nc1c(Nc2ccc3c(c2)OCO3)ncnc1Nc1cccc(Cl)c1Cl. The van der Waals surface area contributed by atoms with Crippen LogP contribution in [0.2, 0.25) is 10.0 Å². The quantitative estimate of drug-likeness (QED) is 0.600. The van der Waals surface area contributed by atoms with Gasteiger partial charge in [-0.2, -0.15) is 0 Å². The number of rotatable bonds is 4. The minimum atomic E-state index is 0.211. The molecule has 7 nitrogen and oxygen atoms in total.